The maximum atomic E-state index is 12.8. The minimum Gasteiger partial charge on any atom is -0.460 e. The van der Waals surface area contributed by atoms with Gasteiger partial charge in [-0.25, -0.2) is 4.79 Å². The van der Waals surface area contributed by atoms with Gasteiger partial charge in [0.25, 0.3) is 0 Å². The molecular formula is C24H43N3O6. The van der Waals surface area contributed by atoms with Crippen molar-refractivity contribution < 1.29 is 28.7 Å². The van der Waals surface area contributed by atoms with Crippen LogP contribution in [0.25, 0.3) is 0 Å². The van der Waals surface area contributed by atoms with Gasteiger partial charge in [-0.3, -0.25) is 14.4 Å². The molecule has 33 heavy (non-hydrogen) atoms. The first-order valence-corrected chi connectivity index (χ1v) is 11.9. The summed E-state index contributed by atoms with van der Waals surface area (Å²) < 4.78 is 10.7. The third-order valence-electron chi connectivity index (χ3n) is 5.05. The molecule has 2 unspecified atom stereocenters. The van der Waals surface area contributed by atoms with Crippen molar-refractivity contribution in [3.63, 3.8) is 0 Å². The Labute approximate surface area is 198 Å². The van der Waals surface area contributed by atoms with Crippen molar-refractivity contribution in [1.29, 1.82) is 0 Å². The number of unbranched alkanes of at least 4 members (excludes halogenated alkanes) is 2. The molecule has 190 valence electrons. The van der Waals surface area contributed by atoms with Gasteiger partial charge in [-0.15, -0.1) is 0 Å². The van der Waals surface area contributed by atoms with E-state index in [0.717, 1.165) is 19.3 Å². The standard InChI is InChI=1S/C24H43N3O6/c1-17-18(26-22(31)25-17)11-9-8-10-12-19(28)27(15-13-20(29)32-23(2,3)4)16-14-21(30)33-24(5,6)7/h17-18H,8-16H2,1-7H3,(H2,25,26,31). The molecule has 1 aliphatic rings. The molecule has 0 aliphatic carbocycles. The van der Waals surface area contributed by atoms with Gasteiger partial charge in [0.05, 0.1) is 18.9 Å². The number of ether oxygens (including phenoxy) is 2. The number of hydrogen-bond acceptors (Lipinski definition) is 6. The highest BCUT2D eigenvalue weighted by Crippen LogP contribution is 2.14. The maximum Gasteiger partial charge on any atom is 0.315 e. The highest BCUT2D eigenvalue weighted by molar-refractivity contribution is 5.78. The summed E-state index contributed by atoms with van der Waals surface area (Å²) in [6.07, 6.45) is 3.81. The predicted octanol–water partition coefficient (Wildman–Crippen LogP) is 3.30. The van der Waals surface area contributed by atoms with Crippen LogP contribution in [0.5, 0.6) is 0 Å². The first-order valence-electron chi connectivity index (χ1n) is 11.9. The Balaban J connectivity index is 2.50. The summed E-state index contributed by atoms with van der Waals surface area (Å²) >= 11 is 0. The van der Waals surface area contributed by atoms with E-state index >= 15 is 0 Å². The molecule has 0 aromatic carbocycles. The fraction of sp³-hybridized carbons (Fsp3) is 0.833. The lowest BCUT2D eigenvalue weighted by Gasteiger charge is -2.25. The summed E-state index contributed by atoms with van der Waals surface area (Å²) in [6.45, 7) is 13.2. The van der Waals surface area contributed by atoms with Gasteiger partial charge in [-0.05, 0) is 61.3 Å². The van der Waals surface area contributed by atoms with E-state index < -0.39 is 11.2 Å². The highest BCUT2D eigenvalue weighted by atomic mass is 16.6. The molecule has 0 radical (unpaired) electrons. The monoisotopic (exact) mass is 469 g/mol. The lowest BCUT2D eigenvalue weighted by molar-refractivity contribution is -0.155. The van der Waals surface area contributed by atoms with E-state index in [1.807, 2.05) is 6.92 Å². The topological polar surface area (TPSA) is 114 Å². The highest BCUT2D eigenvalue weighted by Gasteiger charge is 2.27. The molecule has 9 nitrogen and oxygen atoms in total. The number of esters is 2. The van der Waals surface area contributed by atoms with Crippen molar-refractivity contribution in [3.05, 3.63) is 0 Å². The minimum absolute atomic E-state index is 0.0730. The van der Waals surface area contributed by atoms with Crippen molar-refractivity contribution in [2.24, 2.45) is 0 Å². The van der Waals surface area contributed by atoms with Crippen LogP contribution in [0.15, 0.2) is 0 Å². The van der Waals surface area contributed by atoms with E-state index in [4.69, 9.17) is 9.47 Å². The van der Waals surface area contributed by atoms with Gasteiger partial charge in [0.2, 0.25) is 5.91 Å². The quantitative estimate of drug-likeness (QED) is 0.335. The molecule has 0 spiro atoms. The first-order chi connectivity index (χ1) is 15.2. The fourth-order valence-corrected chi connectivity index (χ4v) is 3.54. The zero-order valence-corrected chi connectivity index (χ0v) is 21.4. The largest absolute Gasteiger partial charge is 0.460 e. The van der Waals surface area contributed by atoms with Gasteiger partial charge < -0.3 is 25.0 Å². The number of amides is 3. The Hall–Kier alpha value is -2.32. The zero-order chi connectivity index (χ0) is 25.2. The average molecular weight is 470 g/mol. The van der Waals surface area contributed by atoms with E-state index in [-0.39, 0.29) is 61.9 Å². The van der Waals surface area contributed by atoms with Gasteiger partial charge in [-0.1, -0.05) is 12.8 Å². The minimum atomic E-state index is -0.589. The Morgan fingerprint density at radius 1 is 0.818 bits per heavy atom. The van der Waals surface area contributed by atoms with Crippen LogP contribution in [-0.2, 0) is 23.9 Å². The lowest BCUT2D eigenvalue weighted by atomic mass is 10.0. The number of hydrogen-bond donors (Lipinski definition) is 2. The molecule has 1 fully saturated rings. The number of carbonyl (C=O) groups is 4. The van der Waals surface area contributed by atoms with E-state index in [9.17, 15) is 19.2 Å². The summed E-state index contributed by atoms with van der Waals surface area (Å²) in [5.74, 6) is -0.843. The Kier molecular flexibility index (Phi) is 11.1. The van der Waals surface area contributed by atoms with Gasteiger partial charge in [0.15, 0.2) is 0 Å². The van der Waals surface area contributed by atoms with Crippen molar-refractivity contribution in [2.75, 3.05) is 13.1 Å². The van der Waals surface area contributed by atoms with Crippen LogP contribution in [-0.4, -0.2) is 65.2 Å². The van der Waals surface area contributed by atoms with Crippen molar-refractivity contribution in [2.45, 2.75) is 117 Å². The number of nitrogens with one attached hydrogen (secondary N) is 2. The van der Waals surface area contributed by atoms with Crippen LogP contribution in [0, 0.1) is 0 Å². The number of carbonyl (C=O) groups excluding carboxylic acids is 4. The number of rotatable bonds is 12. The molecule has 3 amide bonds. The van der Waals surface area contributed by atoms with Crippen LogP contribution in [0.3, 0.4) is 0 Å². The molecule has 0 aromatic rings. The third-order valence-corrected chi connectivity index (χ3v) is 5.05. The fourth-order valence-electron chi connectivity index (χ4n) is 3.54. The van der Waals surface area contributed by atoms with Crippen LogP contribution in [0.1, 0.15) is 93.4 Å². The van der Waals surface area contributed by atoms with Gasteiger partial charge >= 0.3 is 18.0 Å². The molecule has 1 rings (SSSR count). The molecule has 0 aromatic heterocycles. The summed E-state index contributed by atoms with van der Waals surface area (Å²) in [7, 11) is 0. The predicted molar refractivity (Wildman–Crippen MR) is 126 cm³/mol. The smallest absolute Gasteiger partial charge is 0.315 e. The molecule has 1 aliphatic heterocycles. The third kappa shape index (κ3) is 13.1. The van der Waals surface area contributed by atoms with Gasteiger partial charge in [-0.2, -0.15) is 0 Å². The average Bonchev–Trinajstić information content (AvgIpc) is 2.95. The molecule has 9 heteroatoms. The second-order valence-electron chi connectivity index (χ2n) is 10.7. The molecule has 0 saturated carbocycles. The van der Waals surface area contributed by atoms with Crippen molar-refractivity contribution in [3.8, 4) is 0 Å². The summed E-state index contributed by atoms with van der Waals surface area (Å²) in [5, 5.41) is 5.72. The molecule has 2 N–H and O–H groups in total. The molecule has 1 heterocycles. The first kappa shape index (κ1) is 28.7. The normalized spacial score (nSPS) is 18.3. The number of nitrogens with zero attached hydrogens (tertiary/aromatic N) is 1. The van der Waals surface area contributed by atoms with Crippen LogP contribution in [0.4, 0.5) is 4.79 Å². The number of urea groups is 1. The maximum absolute atomic E-state index is 12.8. The van der Waals surface area contributed by atoms with Crippen molar-refractivity contribution >= 4 is 23.9 Å². The van der Waals surface area contributed by atoms with E-state index in [1.54, 1.807) is 46.4 Å². The van der Waals surface area contributed by atoms with Gasteiger partial charge in [0, 0.05) is 25.6 Å². The SMILES string of the molecule is CC1NC(=O)NC1CCCCCC(=O)N(CCC(=O)OC(C)(C)C)CCC(=O)OC(C)(C)C. The van der Waals surface area contributed by atoms with E-state index in [0.29, 0.717) is 12.8 Å². The summed E-state index contributed by atoms with van der Waals surface area (Å²) in [4.78, 5) is 49.9. The van der Waals surface area contributed by atoms with Crippen LogP contribution < -0.4 is 10.6 Å². The Morgan fingerprint density at radius 3 is 1.76 bits per heavy atom. The second-order valence-corrected chi connectivity index (χ2v) is 10.7. The summed E-state index contributed by atoms with van der Waals surface area (Å²) in [6, 6.07) is 0.0935. The summed E-state index contributed by atoms with van der Waals surface area (Å²) in [5.41, 5.74) is -1.18. The van der Waals surface area contributed by atoms with E-state index in [1.165, 1.54) is 0 Å². The second kappa shape index (κ2) is 12.8. The zero-order valence-electron chi connectivity index (χ0n) is 21.4. The molecule has 0 bridgehead atoms. The molecular weight excluding hydrogens is 426 g/mol. The van der Waals surface area contributed by atoms with Crippen LogP contribution >= 0.6 is 0 Å². The van der Waals surface area contributed by atoms with Crippen molar-refractivity contribution in [1.82, 2.24) is 15.5 Å². The Morgan fingerprint density at radius 2 is 1.33 bits per heavy atom. The lowest BCUT2D eigenvalue weighted by Crippen LogP contribution is -2.36. The van der Waals surface area contributed by atoms with Crippen LogP contribution in [0.2, 0.25) is 0 Å². The van der Waals surface area contributed by atoms with Gasteiger partial charge in [0.1, 0.15) is 11.2 Å². The Bertz CT molecular complexity index is 649. The molecule has 2 atom stereocenters. The molecule has 1 saturated heterocycles. The van der Waals surface area contributed by atoms with E-state index in [2.05, 4.69) is 10.6 Å².